The molecular weight excluding hydrogens is 288 g/mol. The van der Waals surface area contributed by atoms with Gasteiger partial charge in [0.25, 0.3) is 0 Å². The molecule has 2 N–H and O–H groups in total. The van der Waals surface area contributed by atoms with Gasteiger partial charge in [0, 0.05) is 30.8 Å². The van der Waals surface area contributed by atoms with E-state index in [1.54, 1.807) is 13.0 Å². The fourth-order valence-corrected chi connectivity index (χ4v) is 2.75. The van der Waals surface area contributed by atoms with Crippen LogP contribution in [0.2, 0.25) is 0 Å². The molecule has 23 heavy (non-hydrogen) atoms. The summed E-state index contributed by atoms with van der Waals surface area (Å²) in [5.41, 5.74) is 3.04. The van der Waals surface area contributed by atoms with E-state index < -0.39 is 0 Å². The number of carbonyl (C=O) groups is 2. The largest absolute Gasteiger partial charge is 0.385 e. The summed E-state index contributed by atoms with van der Waals surface area (Å²) < 4.78 is 0. The number of amides is 1. The van der Waals surface area contributed by atoms with Crippen LogP contribution in [-0.2, 0) is 4.79 Å². The van der Waals surface area contributed by atoms with Crippen molar-refractivity contribution in [3.8, 4) is 0 Å². The van der Waals surface area contributed by atoms with Crippen LogP contribution in [-0.4, -0.2) is 24.8 Å². The van der Waals surface area contributed by atoms with E-state index in [2.05, 4.69) is 16.7 Å². The highest BCUT2D eigenvalue weighted by molar-refractivity contribution is 5.94. The maximum absolute atomic E-state index is 11.8. The van der Waals surface area contributed by atoms with E-state index in [0.717, 1.165) is 18.7 Å². The van der Waals surface area contributed by atoms with Gasteiger partial charge >= 0.3 is 0 Å². The van der Waals surface area contributed by atoms with E-state index in [-0.39, 0.29) is 11.7 Å². The molecule has 0 aliphatic heterocycles. The van der Waals surface area contributed by atoms with Crippen LogP contribution in [0.25, 0.3) is 0 Å². The first-order chi connectivity index (χ1) is 11.1. The van der Waals surface area contributed by atoms with Crippen LogP contribution in [0.3, 0.4) is 0 Å². The molecule has 0 spiro atoms. The number of hydrogen-bond donors (Lipinski definition) is 2. The van der Waals surface area contributed by atoms with Crippen molar-refractivity contribution in [1.82, 2.24) is 5.32 Å². The van der Waals surface area contributed by atoms with Crippen molar-refractivity contribution >= 4 is 17.4 Å². The highest BCUT2D eigenvalue weighted by Crippen LogP contribution is 2.19. The van der Waals surface area contributed by atoms with Crippen molar-refractivity contribution in [1.29, 1.82) is 0 Å². The Labute approximate surface area is 138 Å². The second-order valence-corrected chi connectivity index (χ2v) is 6.02. The zero-order valence-corrected chi connectivity index (χ0v) is 13.9. The van der Waals surface area contributed by atoms with Gasteiger partial charge in [0.1, 0.15) is 0 Å². The van der Waals surface area contributed by atoms with E-state index in [1.807, 2.05) is 18.2 Å². The van der Waals surface area contributed by atoms with Crippen molar-refractivity contribution in [3.63, 3.8) is 0 Å². The monoisotopic (exact) mass is 314 g/mol. The third-order valence-corrected chi connectivity index (χ3v) is 4.10. The summed E-state index contributed by atoms with van der Waals surface area (Å²) in [5, 5.41) is 6.16. The molecule has 0 aromatic heterocycles. The first kappa shape index (κ1) is 17.3. The van der Waals surface area contributed by atoms with Gasteiger partial charge in [0.05, 0.1) is 0 Å². The van der Waals surface area contributed by atoms with Gasteiger partial charge in [-0.15, -0.1) is 0 Å². The van der Waals surface area contributed by atoms with Gasteiger partial charge in [-0.05, 0) is 51.2 Å². The summed E-state index contributed by atoms with van der Waals surface area (Å²) in [4.78, 5) is 23.2. The normalized spacial score (nSPS) is 14.0. The number of rotatable bonds is 8. The third-order valence-electron chi connectivity index (χ3n) is 4.10. The maximum Gasteiger partial charge on any atom is 0.221 e. The second-order valence-electron chi connectivity index (χ2n) is 6.02. The summed E-state index contributed by atoms with van der Waals surface area (Å²) in [6, 6.07) is 7.35. The summed E-state index contributed by atoms with van der Waals surface area (Å²) in [5.74, 6) is 0.111. The Morgan fingerprint density at radius 3 is 2.78 bits per heavy atom. The Bertz CT molecular complexity index is 578. The van der Waals surface area contributed by atoms with Crippen LogP contribution < -0.4 is 10.6 Å². The number of ketones is 1. The lowest BCUT2D eigenvalue weighted by Crippen LogP contribution is -2.26. The molecule has 1 aromatic rings. The minimum absolute atomic E-state index is 0.0448. The van der Waals surface area contributed by atoms with Gasteiger partial charge in [0.2, 0.25) is 5.91 Å². The smallest absolute Gasteiger partial charge is 0.221 e. The number of anilines is 1. The molecule has 0 saturated carbocycles. The molecule has 0 saturated heterocycles. The van der Waals surface area contributed by atoms with Gasteiger partial charge in [0.15, 0.2) is 5.78 Å². The minimum atomic E-state index is 0.0448. The lowest BCUT2D eigenvalue weighted by molar-refractivity contribution is -0.120. The molecule has 1 amide bonds. The molecule has 1 aliphatic rings. The standard InChI is InChI=1S/C19H26N2O2/c1-15(22)17-8-5-9-18(14-17)20-13-11-19(23)21-12-10-16-6-3-2-4-7-16/h5-6,8-9,14,20H,2-4,7,10-13H2,1H3,(H,21,23). The van der Waals surface area contributed by atoms with Crippen molar-refractivity contribution in [3.05, 3.63) is 41.5 Å². The van der Waals surface area contributed by atoms with Crippen molar-refractivity contribution in [2.75, 3.05) is 18.4 Å². The summed E-state index contributed by atoms with van der Waals surface area (Å²) >= 11 is 0. The molecule has 0 fully saturated rings. The average Bonchev–Trinajstić information content (AvgIpc) is 2.56. The fourth-order valence-electron chi connectivity index (χ4n) is 2.75. The van der Waals surface area contributed by atoms with E-state index >= 15 is 0 Å². The minimum Gasteiger partial charge on any atom is -0.385 e. The van der Waals surface area contributed by atoms with Crippen LogP contribution in [0.4, 0.5) is 5.69 Å². The molecule has 0 unspecified atom stereocenters. The fraction of sp³-hybridized carbons (Fsp3) is 0.474. The molecule has 1 aromatic carbocycles. The molecule has 0 bridgehead atoms. The summed E-state index contributed by atoms with van der Waals surface area (Å²) in [6.45, 7) is 2.84. The lowest BCUT2D eigenvalue weighted by atomic mass is 9.97. The first-order valence-electron chi connectivity index (χ1n) is 8.44. The van der Waals surface area contributed by atoms with E-state index in [0.29, 0.717) is 18.5 Å². The van der Waals surface area contributed by atoms with Crippen LogP contribution in [0.15, 0.2) is 35.9 Å². The lowest BCUT2D eigenvalue weighted by Gasteiger charge is -2.13. The number of hydrogen-bond acceptors (Lipinski definition) is 3. The molecule has 124 valence electrons. The first-order valence-corrected chi connectivity index (χ1v) is 8.44. The van der Waals surface area contributed by atoms with Crippen LogP contribution >= 0.6 is 0 Å². The van der Waals surface area contributed by atoms with Crippen LogP contribution in [0.5, 0.6) is 0 Å². The van der Waals surface area contributed by atoms with Crippen LogP contribution in [0.1, 0.15) is 55.8 Å². The summed E-state index contributed by atoms with van der Waals surface area (Å²) in [6.07, 6.45) is 8.67. The average molecular weight is 314 g/mol. The molecule has 4 nitrogen and oxygen atoms in total. The second kappa shape index (κ2) is 9.13. The highest BCUT2D eigenvalue weighted by Gasteiger charge is 2.05. The SMILES string of the molecule is CC(=O)c1cccc(NCCC(=O)NCCC2=CCCCC2)c1. The Morgan fingerprint density at radius 1 is 1.17 bits per heavy atom. The zero-order valence-electron chi connectivity index (χ0n) is 13.9. The quantitative estimate of drug-likeness (QED) is 0.568. The molecule has 4 heteroatoms. The highest BCUT2D eigenvalue weighted by atomic mass is 16.1. The number of benzene rings is 1. The Kier molecular flexibility index (Phi) is 6.85. The van der Waals surface area contributed by atoms with Crippen molar-refractivity contribution in [2.45, 2.75) is 45.4 Å². The van der Waals surface area contributed by atoms with E-state index in [4.69, 9.17) is 0 Å². The molecule has 1 aliphatic carbocycles. The molecule has 0 atom stereocenters. The van der Waals surface area contributed by atoms with Gasteiger partial charge in [-0.1, -0.05) is 23.8 Å². The number of nitrogens with one attached hydrogen (secondary N) is 2. The molecule has 0 radical (unpaired) electrons. The van der Waals surface area contributed by atoms with Gasteiger partial charge in [-0.3, -0.25) is 9.59 Å². The molecule has 2 rings (SSSR count). The molecule has 0 heterocycles. The van der Waals surface area contributed by atoms with E-state index in [1.165, 1.54) is 31.3 Å². The number of Topliss-reactive ketones (excluding diaryl/α,β-unsaturated/α-hetero) is 1. The Balaban J connectivity index is 1.63. The zero-order chi connectivity index (χ0) is 16.5. The van der Waals surface area contributed by atoms with Gasteiger partial charge in [-0.2, -0.15) is 0 Å². The third kappa shape index (κ3) is 6.27. The Hall–Kier alpha value is -2.10. The molecular formula is C19H26N2O2. The topological polar surface area (TPSA) is 58.2 Å². The van der Waals surface area contributed by atoms with Crippen LogP contribution in [0, 0.1) is 0 Å². The predicted molar refractivity (Wildman–Crippen MR) is 93.7 cm³/mol. The Morgan fingerprint density at radius 2 is 2.04 bits per heavy atom. The van der Waals surface area contributed by atoms with Crippen molar-refractivity contribution < 1.29 is 9.59 Å². The number of allylic oxidation sites excluding steroid dienone is 1. The number of carbonyl (C=O) groups excluding carboxylic acids is 2. The maximum atomic E-state index is 11.8. The van der Waals surface area contributed by atoms with Gasteiger partial charge < -0.3 is 10.6 Å². The summed E-state index contributed by atoms with van der Waals surface area (Å²) in [7, 11) is 0. The van der Waals surface area contributed by atoms with Gasteiger partial charge in [-0.25, -0.2) is 0 Å². The van der Waals surface area contributed by atoms with Crippen molar-refractivity contribution in [2.24, 2.45) is 0 Å². The van der Waals surface area contributed by atoms with E-state index in [9.17, 15) is 9.59 Å². The predicted octanol–water partition coefficient (Wildman–Crippen LogP) is 3.70.